The molecule has 1 aromatic heterocycles. The van der Waals surface area contributed by atoms with Gasteiger partial charge >= 0.3 is 12.2 Å². The molecule has 1 aliphatic heterocycles. The van der Waals surface area contributed by atoms with E-state index in [2.05, 4.69) is 10.4 Å². The van der Waals surface area contributed by atoms with Gasteiger partial charge in [-0.2, -0.15) is 18.3 Å². The van der Waals surface area contributed by atoms with E-state index in [1.807, 2.05) is 0 Å². The molecular weight excluding hydrogens is 415 g/mol. The fourth-order valence-corrected chi connectivity index (χ4v) is 3.31. The molecule has 3 rings (SSSR count). The third kappa shape index (κ3) is 4.39. The number of hydrogen-bond acceptors (Lipinski definition) is 4. The number of nitrogens with zero attached hydrogens (tertiary/aromatic N) is 3. The predicted octanol–water partition coefficient (Wildman–Crippen LogP) is 2.64. The van der Waals surface area contributed by atoms with Crippen molar-refractivity contribution in [3.05, 3.63) is 40.2 Å². The summed E-state index contributed by atoms with van der Waals surface area (Å²) in [5.74, 6) is -0.264. The van der Waals surface area contributed by atoms with E-state index >= 15 is 0 Å². The van der Waals surface area contributed by atoms with Gasteiger partial charge in [0.15, 0.2) is 5.69 Å². The van der Waals surface area contributed by atoms with Crippen LogP contribution in [0.4, 0.5) is 23.7 Å². The van der Waals surface area contributed by atoms with Crippen molar-refractivity contribution in [3.63, 3.8) is 0 Å². The molecule has 156 valence electrons. The highest BCUT2D eigenvalue weighted by molar-refractivity contribution is 6.31. The summed E-state index contributed by atoms with van der Waals surface area (Å²) in [6.07, 6.45) is -4.64. The van der Waals surface area contributed by atoms with Gasteiger partial charge < -0.3 is 20.7 Å². The first kappa shape index (κ1) is 20.8. The van der Waals surface area contributed by atoms with E-state index in [0.29, 0.717) is 10.8 Å². The summed E-state index contributed by atoms with van der Waals surface area (Å²) in [6, 6.07) is 3.76. The SMILES string of the molecule is COc1ccc(Cl)cc1NC(=O)Cn1nc(C(F)(F)F)c2c1CCN(C(N)=O)C2. The number of aromatic nitrogens is 2. The van der Waals surface area contributed by atoms with Crippen LogP contribution in [0.2, 0.25) is 5.02 Å². The monoisotopic (exact) mass is 431 g/mol. The maximum absolute atomic E-state index is 13.4. The molecular formula is C17H17ClF3N5O3. The van der Waals surface area contributed by atoms with Crippen LogP contribution in [-0.4, -0.2) is 40.3 Å². The molecule has 3 amide bonds. The topological polar surface area (TPSA) is 102 Å². The Hall–Kier alpha value is -2.95. The Bertz CT molecular complexity index is 961. The molecule has 8 nitrogen and oxygen atoms in total. The molecule has 0 atom stereocenters. The number of hydrogen-bond donors (Lipinski definition) is 2. The Morgan fingerprint density at radius 2 is 2.10 bits per heavy atom. The van der Waals surface area contributed by atoms with E-state index in [1.165, 1.54) is 13.2 Å². The van der Waals surface area contributed by atoms with E-state index in [9.17, 15) is 22.8 Å². The number of carbonyl (C=O) groups is 2. The summed E-state index contributed by atoms with van der Waals surface area (Å²) in [6.45, 7) is -0.636. The van der Waals surface area contributed by atoms with Crippen molar-refractivity contribution < 1.29 is 27.5 Å². The fourth-order valence-electron chi connectivity index (χ4n) is 3.14. The number of urea groups is 1. The Morgan fingerprint density at radius 3 is 2.72 bits per heavy atom. The number of rotatable bonds is 4. The van der Waals surface area contributed by atoms with Crippen LogP contribution in [0.25, 0.3) is 0 Å². The van der Waals surface area contributed by atoms with Crippen LogP contribution in [0.5, 0.6) is 5.75 Å². The second-order valence-corrected chi connectivity index (χ2v) is 6.77. The van der Waals surface area contributed by atoms with Crippen LogP contribution >= 0.6 is 11.6 Å². The van der Waals surface area contributed by atoms with Gasteiger partial charge in [0, 0.05) is 29.2 Å². The predicted molar refractivity (Wildman–Crippen MR) is 97.6 cm³/mol. The van der Waals surface area contributed by atoms with Gasteiger partial charge in [0.1, 0.15) is 12.3 Å². The van der Waals surface area contributed by atoms with Crippen molar-refractivity contribution in [2.24, 2.45) is 5.73 Å². The number of halogens is 4. The minimum atomic E-state index is -4.73. The van der Waals surface area contributed by atoms with Crippen LogP contribution in [0.15, 0.2) is 18.2 Å². The highest BCUT2D eigenvalue weighted by Crippen LogP contribution is 2.35. The van der Waals surface area contributed by atoms with Gasteiger partial charge in [-0.3, -0.25) is 9.48 Å². The number of benzene rings is 1. The van der Waals surface area contributed by atoms with Crippen molar-refractivity contribution in [1.29, 1.82) is 0 Å². The van der Waals surface area contributed by atoms with Gasteiger partial charge in [-0.05, 0) is 18.2 Å². The summed E-state index contributed by atoms with van der Waals surface area (Å²) in [7, 11) is 1.41. The molecule has 1 aromatic carbocycles. The first-order chi connectivity index (χ1) is 13.6. The molecule has 0 saturated heterocycles. The van der Waals surface area contributed by atoms with Crippen LogP contribution in [0.1, 0.15) is 17.0 Å². The van der Waals surface area contributed by atoms with Crippen molar-refractivity contribution >= 4 is 29.2 Å². The highest BCUT2D eigenvalue weighted by Gasteiger charge is 2.41. The zero-order valence-electron chi connectivity index (χ0n) is 15.2. The Labute approximate surface area is 168 Å². The average Bonchev–Trinajstić information content (AvgIpc) is 3.00. The number of alkyl halides is 3. The standard InChI is InChI=1S/C17H17ClF3N5O3/c1-29-13-3-2-9(18)6-11(13)23-14(27)8-26-12-4-5-25(16(22)28)7-10(12)15(24-26)17(19,20)21/h2-3,6H,4-5,7-8H2,1H3,(H2,22,28)(H,23,27). The maximum atomic E-state index is 13.4. The van der Waals surface area contributed by atoms with E-state index in [0.717, 1.165) is 9.58 Å². The van der Waals surface area contributed by atoms with E-state index in [-0.39, 0.29) is 36.5 Å². The molecule has 0 spiro atoms. The maximum Gasteiger partial charge on any atom is 0.435 e. The number of nitrogens with one attached hydrogen (secondary N) is 1. The lowest BCUT2D eigenvalue weighted by atomic mass is 10.1. The third-order valence-electron chi connectivity index (χ3n) is 4.44. The molecule has 29 heavy (non-hydrogen) atoms. The van der Waals surface area contributed by atoms with Crippen LogP contribution in [0.3, 0.4) is 0 Å². The number of primary amides is 1. The molecule has 0 unspecified atom stereocenters. The van der Waals surface area contributed by atoms with E-state index < -0.39 is 30.4 Å². The quantitative estimate of drug-likeness (QED) is 0.776. The van der Waals surface area contributed by atoms with Crippen molar-refractivity contribution in [2.75, 3.05) is 19.0 Å². The number of fused-ring (bicyclic) bond motifs is 1. The number of carbonyl (C=O) groups excluding carboxylic acids is 2. The van der Waals surface area contributed by atoms with Gasteiger partial charge in [-0.1, -0.05) is 11.6 Å². The lowest BCUT2D eigenvalue weighted by molar-refractivity contribution is -0.142. The summed E-state index contributed by atoms with van der Waals surface area (Å²) in [5, 5.41) is 6.50. The molecule has 12 heteroatoms. The molecule has 0 radical (unpaired) electrons. The number of methoxy groups -OCH3 is 1. The van der Waals surface area contributed by atoms with Gasteiger partial charge in [0.05, 0.1) is 19.3 Å². The van der Waals surface area contributed by atoms with Crippen LogP contribution in [-0.2, 0) is 30.5 Å². The first-order valence-electron chi connectivity index (χ1n) is 8.43. The average molecular weight is 432 g/mol. The summed E-state index contributed by atoms with van der Waals surface area (Å²) in [5.41, 5.74) is 4.42. The molecule has 0 saturated carbocycles. The van der Waals surface area contributed by atoms with Crippen LogP contribution < -0.4 is 15.8 Å². The smallest absolute Gasteiger partial charge is 0.435 e. The summed E-state index contributed by atoms with van der Waals surface area (Å²) < 4.78 is 46.3. The summed E-state index contributed by atoms with van der Waals surface area (Å²) >= 11 is 5.91. The fraction of sp³-hybridized carbons (Fsp3) is 0.353. The van der Waals surface area contributed by atoms with Gasteiger partial charge in [0.25, 0.3) is 0 Å². The summed E-state index contributed by atoms with van der Waals surface area (Å²) in [4.78, 5) is 24.9. The minimum absolute atomic E-state index is 0.0924. The molecule has 0 aliphatic carbocycles. The third-order valence-corrected chi connectivity index (χ3v) is 4.68. The largest absolute Gasteiger partial charge is 0.495 e. The Balaban J connectivity index is 1.87. The second kappa shape index (κ2) is 7.82. The van der Waals surface area contributed by atoms with Gasteiger partial charge in [-0.15, -0.1) is 0 Å². The molecule has 3 N–H and O–H groups in total. The molecule has 0 bridgehead atoms. The minimum Gasteiger partial charge on any atom is -0.495 e. The van der Waals surface area contributed by atoms with Crippen molar-refractivity contribution in [3.8, 4) is 5.75 Å². The van der Waals surface area contributed by atoms with Gasteiger partial charge in [-0.25, -0.2) is 4.79 Å². The van der Waals surface area contributed by atoms with Crippen molar-refractivity contribution in [1.82, 2.24) is 14.7 Å². The molecule has 2 aromatic rings. The van der Waals surface area contributed by atoms with E-state index in [1.54, 1.807) is 12.1 Å². The van der Waals surface area contributed by atoms with Crippen LogP contribution in [0, 0.1) is 0 Å². The first-order valence-corrected chi connectivity index (χ1v) is 8.81. The van der Waals surface area contributed by atoms with Gasteiger partial charge in [0.2, 0.25) is 5.91 Å². The molecule has 1 aliphatic rings. The Morgan fingerprint density at radius 1 is 1.38 bits per heavy atom. The number of anilines is 1. The Kier molecular flexibility index (Phi) is 5.60. The second-order valence-electron chi connectivity index (χ2n) is 6.33. The number of nitrogens with two attached hydrogens (primary N) is 1. The zero-order chi connectivity index (χ0) is 21.3. The highest BCUT2D eigenvalue weighted by atomic mass is 35.5. The normalized spacial score (nSPS) is 13.8. The lowest BCUT2D eigenvalue weighted by Crippen LogP contribution is -2.40. The molecule has 0 fully saturated rings. The number of ether oxygens (including phenoxy) is 1. The lowest BCUT2D eigenvalue weighted by Gasteiger charge is -2.26. The van der Waals surface area contributed by atoms with E-state index in [4.69, 9.17) is 22.1 Å². The van der Waals surface area contributed by atoms with Crippen molar-refractivity contribution in [2.45, 2.75) is 25.7 Å². The zero-order valence-corrected chi connectivity index (χ0v) is 16.0. The number of amides is 3. The molecule has 2 heterocycles.